The molecule has 3 aliphatic rings. The number of Topliss-reactive ketones (excluding diaryl/α,β-unsaturated/α-hetero) is 2. The number of thioether (sulfide) groups is 2. The van der Waals surface area contributed by atoms with Crippen LogP contribution in [-0.2, 0) is 85.7 Å². The molecule has 0 aromatic carbocycles. The number of rotatable bonds is 59. The number of amides is 7. The minimum absolute atomic E-state index is 0.00347. The summed E-state index contributed by atoms with van der Waals surface area (Å²) in [6.07, 6.45) is 23.0. The van der Waals surface area contributed by atoms with Crippen LogP contribution in [0, 0.1) is 6.10 Å². The molecule has 1 aliphatic carbocycles. The number of likely N-dealkylation sites (tertiary alicyclic amines) is 2. The number of carbonyl (C=O) groups is 9. The number of alkyl carbamates (subject to hydrolysis) is 1. The first-order valence-corrected chi connectivity index (χ1v) is 37.3. The van der Waals surface area contributed by atoms with Crippen LogP contribution in [0.5, 0.6) is 0 Å². The van der Waals surface area contributed by atoms with Crippen LogP contribution in [-0.4, -0.2) is 281 Å². The topological polar surface area (TPSA) is 300 Å². The second-order valence-corrected chi connectivity index (χ2v) is 25.6. The van der Waals surface area contributed by atoms with Crippen LogP contribution in [0.1, 0.15) is 162 Å². The van der Waals surface area contributed by atoms with Crippen molar-refractivity contribution in [2.45, 2.75) is 172 Å². The molecule has 98 heavy (non-hydrogen) atoms. The Hall–Kier alpha value is -4.59. The molecule has 2 unspecified atom stereocenters. The first kappa shape index (κ1) is 93.4. The Kier molecular flexibility index (Phi) is 63.8. The summed E-state index contributed by atoms with van der Waals surface area (Å²) >= 11 is 2.99. The van der Waals surface area contributed by atoms with Gasteiger partial charge in [-0.25, -0.2) is 9.59 Å². The Morgan fingerprint density at radius 2 is 0.908 bits per heavy atom. The van der Waals surface area contributed by atoms with Gasteiger partial charge in [-0.2, -0.15) is 0 Å². The number of unbranched alkanes of at least 4 members (excludes halogenated alkanes) is 9. The number of ketones is 2. The summed E-state index contributed by atoms with van der Waals surface area (Å²) in [6.45, 7) is 13.3. The molecule has 28 heteroatoms. The number of carboxylic acid groups (broad SMARTS) is 1. The van der Waals surface area contributed by atoms with E-state index in [1.165, 1.54) is 58.1 Å². The average molecular weight is 1440 g/mol. The highest BCUT2D eigenvalue weighted by atomic mass is 32.2. The molecule has 0 aromatic rings. The first-order chi connectivity index (χ1) is 47.6. The summed E-state index contributed by atoms with van der Waals surface area (Å²) in [6, 6.07) is 0. The first-order valence-electron chi connectivity index (χ1n) is 35.2. The number of nitrogens with one attached hydrogen (secondary N) is 1. The lowest BCUT2D eigenvalue weighted by atomic mass is 10.1. The van der Waals surface area contributed by atoms with Gasteiger partial charge in [-0.3, -0.25) is 43.4 Å². The Balaban J connectivity index is 0.00000402. The number of hydrogen-bond acceptors (Lipinski definition) is 22. The molecule has 0 radical (unpaired) electrons. The van der Waals surface area contributed by atoms with Crippen molar-refractivity contribution in [1.82, 2.24) is 24.9 Å². The van der Waals surface area contributed by atoms with Crippen LogP contribution in [0.25, 0.3) is 0 Å². The number of hydrogen-bond donors (Lipinski definition) is 2. The van der Waals surface area contributed by atoms with Gasteiger partial charge in [0.05, 0.1) is 76.6 Å². The van der Waals surface area contributed by atoms with Gasteiger partial charge in [-0.15, -0.1) is 29.6 Å². The zero-order chi connectivity index (χ0) is 72.5. The van der Waals surface area contributed by atoms with Crippen LogP contribution in [0.4, 0.5) is 9.59 Å². The SMILES string of the molecule is C1=CCCC=C1.CCN(CC)C(=O)O.CNC(=O)OCCCCC(=O)N(CCCCCCSC1CC(=O)N(CCC(=O)CCCCOCCOCCOC)C1=O)CCCCCCSC1CC(=O)N(CCC(=O)CCCCOC[C-](COCCOC)OCCOC)C1=O.COCCOC. The van der Waals surface area contributed by atoms with Gasteiger partial charge in [0.2, 0.25) is 29.5 Å². The molecular formula is C70H124N5O21S2-. The monoisotopic (exact) mass is 1430 g/mol. The predicted octanol–water partition coefficient (Wildman–Crippen LogP) is 9.17. The predicted molar refractivity (Wildman–Crippen MR) is 380 cm³/mol. The average Bonchev–Trinajstić information content (AvgIpc) is 1.75. The van der Waals surface area contributed by atoms with Gasteiger partial charge in [0.1, 0.15) is 11.6 Å². The molecule has 2 saturated heterocycles. The summed E-state index contributed by atoms with van der Waals surface area (Å²) in [7, 11) is 9.63. The lowest BCUT2D eigenvalue weighted by molar-refractivity contribution is -0.140. The van der Waals surface area contributed by atoms with Crippen LogP contribution in [0.15, 0.2) is 24.3 Å². The van der Waals surface area contributed by atoms with Gasteiger partial charge in [0.25, 0.3) is 0 Å². The van der Waals surface area contributed by atoms with Gasteiger partial charge in [0, 0.05) is 147 Å². The Labute approximate surface area is 594 Å². The van der Waals surface area contributed by atoms with Gasteiger partial charge in [-0.05, 0) is 116 Å². The number of ether oxygens (including phenoxy) is 11. The van der Waals surface area contributed by atoms with E-state index in [0.29, 0.717) is 170 Å². The van der Waals surface area contributed by atoms with Crippen molar-refractivity contribution in [2.75, 3.05) is 192 Å². The van der Waals surface area contributed by atoms with E-state index in [9.17, 15) is 43.2 Å². The molecule has 2 N–H and O–H groups in total. The second-order valence-electron chi connectivity index (χ2n) is 23.0. The summed E-state index contributed by atoms with van der Waals surface area (Å²) < 4.78 is 57.2. The van der Waals surface area contributed by atoms with Crippen molar-refractivity contribution >= 4 is 76.8 Å². The van der Waals surface area contributed by atoms with Crippen molar-refractivity contribution in [1.29, 1.82) is 0 Å². The maximum Gasteiger partial charge on any atom is 0.407 e. The minimum atomic E-state index is -0.838. The van der Waals surface area contributed by atoms with E-state index in [1.54, 1.807) is 35.5 Å². The van der Waals surface area contributed by atoms with E-state index in [0.717, 1.165) is 69.3 Å². The van der Waals surface area contributed by atoms with E-state index in [4.69, 9.17) is 47.7 Å². The molecule has 3 rings (SSSR count). The molecule has 0 saturated carbocycles. The fourth-order valence-corrected chi connectivity index (χ4v) is 11.9. The maximum absolute atomic E-state index is 13.4. The number of nitrogens with zero attached hydrogens (tertiary/aromatic N) is 4. The fraction of sp³-hybridized carbons (Fsp3) is 0.800. The molecule has 2 atom stereocenters. The highest BCUT2D eigenvalue weighted by molar-refractivity contribution is 8.00. The second kappa shape index (κ2) is 66.9. The molecule has 26 nitrogen and oxygen atoms in total. The lowest BCUT2D eigenvalue weighted by Gasteiger charge is -2.31. The van der Waals surface area contributed by atoms with Crippen molar-refractivity contribution < 1.29 is 100 Å². The van der Waals surface area contributed by atoms with Crippen LogP contribution < -0.4 is 5.32 Å². The van der Waals surface area contributed by atoms with E-state index in [1.807, 2.05) is 18.7 Å². The highest BCUT2D eigenvalue weighted by Crippen LogP contribution is 2.28. The number of imide groups is 2. The van der Waals surface area contributed by atoms with Crippen molar-refractivity contribution in [2.24, 2.45) is 0 Å². The van der Waals surface area contributed by atoms with Crippen molar-refractivity contribution in [3.8, 4) is 0 Å². The minimum Gasteiger partial charge on any atom is -0.543 e. The summed E-state index contributed by atoms with van der Waals surface area (Å²) in [5.74, 6) is 0.684. The smallest absolute Gasteiger partial charge is 0.407 e. The normalized spacial score (nSPS) is 14.8. The molecule has 2 aliphatic heterocycles. The van der Waals surface area contributed by atoms with E-state index < -0.39 is 22.7 Å². The molecule has 0 spiro atoms. The molecular weight excluding hydrogens is 1310 g/mol. The number of allylic oxidation sites excluding steroid dienone is 4. The molecule has 7 amide bonds. The molecule has 2 heterocycles. The van der Waals surface area contributed by atoms with E-state index in [-0.39, 0.29) is 93.1 Å². The molecule has 2 fully saturated rings. The molecule has 0 aromatic heterocycles. The maximum atomic E-state index is 13.4. The largest absolute Gasteiger partial charge is 0.543 e. The van der Waals surface area contributed by atoms with Crippen LogP contribution in [0.2, 0.25) is 0 Å². The van der Waals surface area contributed by atoms with E-state index >= 15 is 0 Å². The summed E-state index contributed by atoms with van der Waals surface area (Å²) in [4.78, 5) is 117. The van der Waals surface area contributed by atoms with Gasteiger partial charge in [-0.1, -0.05) is 50.0 Å². The number of carbonyl (C=O) groups excluding carboxylic acids is 8. The molecule has 568 valence electrons. The summed E-state index contributed by atoms with van der Waals surface area (Å²) in [5.41, 5.74) is 0. The van der Waals surface area contributed by atoms with Gasteiger partial charge >= 0.3 is 12.2 Å². The van der Waals surface area contributed by atoms with Crippen LogP contribution >= 0.6 is 23.5 Å². The third-order valence-electron chi connectivity index (χ3n) is 15.2. The Morgan fingerprint density at radius 1 is 0.500 bits per heavy atom. The third kappa shape index (κ3) is 51.5. The van der Waals surface area contributed by atoms with Gasteiger partial charge < -0.3 is 72.3 Å². The summed E-state index contributed by atoms with van der Waals surface area (Å²) in [5, 5.41) is 9.86. The molecule has 0 bridgehead atoms. The number of methoxy groups -OCH3 is 5. The Morgan fingerprint density at radius 3 is 1.35 bits per heavy atom. The zero-order valence-corrected chi connectivity index (χ0v) is 62.3. The standard InChI is InChI=1S/C55H95N4O17S2.C6H8.C5H11NO2.C4H10O2/c1-56-55(67)76-30-16-11-21-50(62)57(24-12-5-7-17-39-77-48-41-51(63)58(53(48)65)26-22-45(60)19-9-14-28-71-36-37-72-34-31-68-2)25-13-6-8-18-40-78-49-42-52(64)59(54(49)66)27-23-46(61)20-10-15-29-73-43-47(75-38-33-70-4)44-74-35-32-69-3;1-2-4-6-5-3-1;1-3-6(4-2)5(7)8;1-5-3-4-6-2/h48-49H,5-44H2,1-4H3,(H,56,67);1-4H,5-6H2;3-4H2,1-2H3,(H,7,8);3-4H2,1-2H3/q-1;;;. The lowest BCUT2D eigenvalue weighted by Crippen LogP contribution is -2.33. The van der Waals surface area contributed by atoms with Crippen LogP contribution in [0.3, 0.4) is 0 Å². The zero-order valence-electron chi connectivity index (χ0n) is 60.7. The third-order valence-corrected chi connectivity index (χ3v) is 17.8. The van der Waals surface area contributed by atoms with Crippen molar-refractivity contribution in [3.05, 3.63) is 30.4 Å². The van der Waals surface area contributed by atoms with Gasteiger partial charge in [0.15, 0.2) is 0 Å². The van der Waals surface area contributed by atoms with E-state index in [2.05, 4.69) is 39.1 Å². The Bertz CT molecular complexity index is 2130. The fourth-order valence-electron chi connectivity index (χ4n) is 9.49. The highest BCUT2D eigenvalue weighted by Gasteiger charge is 2.39. The van der Waals surface area contributed by atoms with Crippen molar-refractivity contribution in [3.63, 3.8) is 0 Å². The quantitative estimate of drug-likeness (QED) is 0.0326.